The highest BCUT2D eigenvalue weighted by Crippen LogP contribution is 2.37. The second kappa shape index (κ2) is 9.45. The highest BCUT2D eigenvalue weighted by Gasteiger charge is 2.32. The van der Waals surface area contributed by atoms with Crippen molar-refractivity contribution in [1.29, 1.82) is 0 Å². The first-order valence-corrected chi connectivity index (χ1v) is 10.7. The fourth-order valence-corrected chi connectivity index (χ4v) is 4.39. The van der Waals surface area contributed by atoms with Crippen LogP contribution in [0.1, 0.15) is 35.3 Å². The molecule has 0 N–H and O–H groups in total. The molecule has 1 saturated heterocycles. The molecule has 0 bridgehead atoms. The summed E-state index contributed by atoms with van der Waals surface area (Å²) in [7, 11) is 3.04. The predicted molar refractivity (Wildman–Crippen MR) is 124 cm³/mol. The number of nitrogens with zero attached hydrogens (tertiary/aromatic N) is 1. The molecule has 2 aromatic rings. The number of hydrogen-bond donors (Lipinski definition) is 0. The van der Waals surface area contributed by atoms with E-state index in [2.05, 4.69) is 0 Å². The van der Waals surface area contributed by atoms with Crippen molar-refractivity contribution < 1.29 is 19.1 Å². The lowest BCUT2D eigenvalue weighted by Gasteiger charge is -2.16. The highest BCUT2D eigenvalue weighted by atomic mass is 32.2. The quantitative estimate of drug-likeness (QED) is 0.350. The molecule has 0 aliphatic carbocycles. The van der Waals surface area contributed by atoms with Crippen molar-refractivity contribution in [3.63, 3.8) is 0 Å². The molecule has 0 radical (unpaired) electrons. The first kappa shape index (κ1) is 22.1. The van der Waals surface area contributed by atoms with Gasteiger partial charge in [-0.25, -0.2) is 0 Å². The van der Waals surface area contributed by atoms with Gasteiger partial charge in [0, 0.05) is 23.7 Å². The number of carbonyl (C=O) groups is 2. The number of methoxy groups -OCH3 is 2. The number of ketones is 1. The summed E-state index contributed by atoms with van der Waals surface area (Å²) in [5, 5.41) is 0. The van der Waals surface area contributed by atoms with Crippen LogP contribution in [0, 0.1) is 5.92 Å². The summed E-state index contributed by atoms with van der Waals surface area (Å²) < 4.78 is 11.5. The smallest absolute Gasteiger partial charge is 0.266 e. The molecule has 30 heavy (non-hydrogen) atoms. The van der Waals surface area contributed by atoms with E-state index in [0.29, 0.717) is 49.9 Å². The minimum absolute atomic E-state index is 0.132. The lowest BCUT2D eigenvalue weighted by molar-refractivity contribution is -0.122. The van der Waals surface area contributed by atoms with Gasteiger partial charge in [0.1, 0.15) is 15.8 Å². The van der Waals surface area contributed by atoms with E-state index in [1.807, 2.05) is 32.0 Å². The fourth-order valence-electron chi connectivity index (χ4n) is 3.12. The van der Waals surface area contributed by atoms with Crippen LogP contribution in [0.5, 0.6) is 11.5 Å². The maximum Gasteiger partial charge on any atom is 0.266 e. The van der Waals surface area contributed by atoms with E-state index in [4.69, 9.17) is 21.7 Å². The first-order chi connectivity index (χ1) is 14.3. The van der Waals surface area contributed by atoms with Gasteiger partial charge < -0.3 is 9.47 Å². The Kier molecular flexibility index (Phi) is 6.95. The number of hydrogen-bond acceptors (Lipinski definition) is 6. The third-order valence-corrected chi connectivity index (χ3v) is 5.92. The fraction of sp³-hybridized carbons (Fsp3) is 0.261. The van der Waals surface area contributed by atoms with Gasteiger partial charge in [0.25, 0.3) is 5.91 Å². The van der Waals surface area contributed by atoms with Crippen LogP contribution in [-0.2, 0) is 4.79 Å². The molecule has 1 fully saturated rings. The van der Waals surface area contributed by atoms with Crippen LogP contribution >= 0.6 is 24.0 Å². The maximum atomic E-state index is 13.1. The zero-order chi connectivity index (χ0) is 21.8. The number of ether oxygens (including phenoxy) is 2. The number of thioether (sulfide) groups is 1. The van der Waals surface area contributed by atoms with Gasteiger partial charge in [-0.05, 0) is 18.1 Å². The molecule has 7 heteroatoms. The van der Waals surface area contributed by atoms with E-state index < -0.39 is 0 Å². The molecule has 1 aliphatic heterocycles. The predicted octanol–water partition coefficient (Wildman–Crippen LogP) is 4.79. The van der Waals surface area contributed by atoms with Crippen molar-refractivity contribution in [2.24, 2.45) is 5.92 Å². The zero-order valence-corrected chi connectivity index (χ0v) is 18.9. The summed E-state index contributed by atoms with van der Waals surface area (Å²) in [5.74, 6) is 0.915. The van der Waals surface area contributed by atoms with Gasteiger partial charge in [-0.2, -0.15) is 0 Å². The van der Waals surface area contributed by atoms with Crippen molar-refractivity contribution in [2.75, 3.05) is 20.8 Å². The van der Waals surface area contributed by atoms with Crippen LogP contribution in [0.2, 0.25) is 0 Å². The molecular formula is C23H23NO4S2. The molecule has 0 aromatic heterocycles. The third-order valence-electron chi connectivity index (χ3n) is 4.54. The van der Waals surface area contributed by atoms with Gasteiger partial charge in [0.2, 0.25) is 0 Å². The van der Waals surface area contributed by atoms with Gasteiger partial charge in [-0.15, -0.1) is 0 Å². The SMILES string of the molecule is COc1cc(OC)c(C(=O)c2ccccc2)cc1/C=C1\SC(=S)N(CC(C)C)C1=O. The van der Waals surface area contributed by atoms with Crippen LogP contribution in [0.4, 0.5) is 0 Å². The van der Waals surface area contributed by atoms with Crippen molar-refractivity contribution in [3.05, 3.63) is 64.1 Å². The average molecular weight is 442 g/mol. The molecule has 1 aliphatic rings. The Balaban J connectivity index is 2.05. The lowest BCUT2D eigenvalue weighted by atomic mass is 9.99. The summed E-state index contributed by atoms with van der Waals surface area (Å²) in [5.41, 5.74) is 1.56. The number of amides is 1. The minimum Gasteiger partial charge on any atom is -0.496 e. The van der Waals surface area contributed by atoms with Gasteiger partial charge in [0.05, 0.1) is 24.7 Å². The third kappa shape index (κ3) is 4.57. The number of thiocarbonyl (C=S) groups is 1. The Morgan fingerprint density at radius 2 is 1.80 bits per heavy atom. The minimum atomic E-state index is -0.169. The normalized spacial score (nSPS) is 15.2. The molecule has 1 heterocycles. The number of benzene rings is 2. The Morgan fingerprint density at radius 1 is 1.13 bits per heavy atom. The molecule has 0 spiro atoms. The number of carbonyl (C=O) groups excluding carboxylic acids is 2. The van der Waals surface area contributed by atoms with E-state index in [9.17, 15) is 9.59 Å². The van der Waals surface area contributed by atoms with Gasteiger partial charge >= 0.3 is 0 Å². The molecule has 1 amide bonds. The summed E-state index contributed by atoms with van der Waals surface area (Å²) in [6.07, 6.45) is 1.72. The molecule has 5 nitrogen and oxygen atoms in total. The van der Waals surface area contributed by atoms with Crippen molar-refractivity contribution in [1.82, 2.24) is 4.90 Å². The van der Waals surface area contributed by atoms with Crippen molar-refractivity contribution in [3.8, 4) is 11.5 Å². The average Bonchev–Trinajstić information content (AvgIpc) is 3.00. The summed E-state index contributed by atoms with van der Waals surface area (Å²) in [6, 6.07) is 12.3. The second-order valence-electron chi connectivity index (χ2n) is 7.18. The molecular weight excluding hydrogens is 418 g/mol. The number of rotatable bonds is 7. The van der Waals surface area contributed by atoms with Crippen LogP contribution in [-0.4, -0.2) is 41.7 Å². The summed E-state index contributed by atoms with van der Waals surface area (Å²) >= 11 is 6.64. The second-order valence-corrected chi connectivity index (χ2v) is 8.85. The van der Waals surface area contributed by atoms with Gasteiger partial charge in [0.15, 0.2) is 5.78 Å². The van der Waals surface area contributed by atoms with E-state index in [1.54, 1.807) is 35.2 Å². The van der Waals surface area contributed by atoms with E-state index >= 15 is 0 Å². The van der Waals surface area contributed by atoms with Crippen LogP contribution in [0.15, 0.2) is 47.4 Å². The van der Waals surface area contributed by atoms with E-state index in [1.165, 1.54) is 26.0 Å². The van der Waals surface area contributed by atoms with Crippen LogP contribution in [0.25, 0.3) is 6.08 Å². The Hall–Kier alpha value is -2.64. The van der Waals surface area contributed by atoms with Crippen LogP contribution in [0.3, 0.4) is 0 Å². The topological polar surface area (TPSA) is 55.8 Å². The monoisotopic (exact) mass is 441 g/mol. The molecule has 0 atom stereocenters. The van der Waals surface area contributed by atoms with Crippen molar-refractivity contribution in [2.45, 2.75) is 13.8 Å². The maximum absolute atomic E-state index is 13.1. The standard InChI is InChI=1S/C23H23NO4S2/c1-14(2)13-24-22(26)20(30-23(24)29)11-16-10-17(19(28-4)12-18(16)27-3)21(25)15-8-6-5-7-9-15/h5-12,14H,13H2,1-4H3/b20-11-. The Bertz CT molecular complexity index is 1020. The van der Waals surface area contributed by atoms with E-state index in [-0.39, 0.29) is 11.7 Å². The molecule has 0 unspecified atom stereocenters. The molecule has 156 valence electrons. The van der Waals surface area contributed by atoms with Crippen LogP contribution < -0.4 is 9.47 Å². The van der Waals surface area contributed by atoms with Crippen molar-refractivity contribution >= 4 is 46.1 Å². The summed E-state index contributed by atoms with van der Waals surface area (Å²) in [6.45, 7) is 4.64. The Morgan fingerprint density at radius 3 is 2.40 bits per heavy atom. The Labute approximate surface area is 186 Å². The van der Waals surface area contributed by atoms with E-state index in [0.717, 1.165) is 0 Å². The molecule has 3 rings (SSSR count). The van der Waals surface area contributed by atoms with Gasteiger partial charge in [-0.1, -0.05) is 68.2 Å². The molecule has 2 aromatic carbocycles. The van der Waals surface area contributed by atoms with Gasteiger partial charge in [-0.3, -0.25) is 14.5 Å². The highest BCUT2D eigenvalue weighted by molar-refractivity contribution is 8.26. The largest absolute Gasteiger partial charge is 0.496 e. The zero-order valence-electron chi connectivity index (χ0n) is 17.3. The first-order valence-electron chi connectivity index (χ1n) is 9.46. The lowest BCUT2D eigenvalue weighted by Crippen LogP contribution is -2.31. The summed E-state index contributed by atoms with van der Waals surface area (Å²) in [4.78, 5) is 28.0. The molecule has 0 saturated carbocycles.